The van der Waals surface area contributed by atoms with Crippen molar-refractivity contribution < 1.29 is 14.3 Å². The van der Waals surface area contributed by atoms with Crippen molar-refractivity contribution in [1.82, 2.24) is 9.78 Å². The predicted molar refractivity (Wildman–Crippen MR) is 141 cm³/mol. The Hall–Kier alpha value is -4.64. The van der Waals surface area contributed by atoms with Crippen molar-refractivity contribution >= 4 is 5.97 Å². The summed E-state index contributed by atoms with van der Waals surface area (Å²) < 4.78 is 13.2. The number of esters is 1. The maximum absolute atomic E-state index is 13.1. The average molecular weight is 475 g/mol. The van der Waals surface area contributed by atoms with Gasteiger partial charge in [-0.3, -0.25) is 4.68 Å². The second-order valence-electron chi connectivity index (χ2n) is 8.36. The van der Waals surface area contributed by atoms with E-state index in [1.165, 1.54) is 0 Å². The molecule has 0 bridgehead atoms. The Bertz CT molecular complexity index is 1410. The van der Waals surface area contributed by atoms with Gasteiger partial charge in [-0.15, -0.1) is 0 Å². The first kappa shape index (κ1) is 23.1. The van der Waals surface area contributed by atoms with Gasteiger partial charge in [-0.25, -0.2) is 4.79 Å². The van der Waals surface area contributed by atoms with Gasteiger partial charge in [0.05, 0.1) is 30.6 Å². The Balaban J connectivity index is 1.51. The fourth-order valence-corrected chi connectivity index (χ4v) is 4.11. The van der Waals surface area contributed by atoms with E-state index in [4.69, 9.17) is 14.6 Å². The van der Waals surface area contributed by atoms with Crippen LogP contribution in [0.15, 0.2) is 121 Å². The standard InChI is InChI=1S/C31H26N2O3/c1-35-27-19-17-26(18-20-27)31(34)36-30(25-15-9-4-10-16-25)22-33-29(24-13-7-3-8-14-24)21-28(32-33)23-11-5-2-6-12-23/h2-21,30H,22H2,1H3. The first-order chi connectivity index (χ1) is 17.7. The first-order valence-corrected chi connectivity index (χ1v) is 11.8. The molecule has 0 radical (unpaired) electrons. The van der Waals surface area contributed by atoms with Crippen LogP contribution in [0.4, 0.5) is 0 Å². The lowest BCUT2D eigenvalue weighted by Crippen LogP contribution is -2.18. The fraction of sp³-hybridized carbons (Fsp3) is 0.0968. The second kappa shape index (κ2) is 10.7. The number of methoxy groups -OCH3 is 1. The summed E-state index contributed by atoms with van der Waals surface area (Å²) in [5.41, 5.74) is 5.25. The predicted octanol–water partition coefficient (Wildman–Crippen LogP) is 6.82. The number of hydrogen-bond acceptors (Lipinski definition) is 4. The van der Waals surface area contributed by atoms with Gasteiger partial charge in [0.2, 0.25) is 0 Å². The lowest BCUT2D eigenvalue weighted by Gasteiger charge is -2.20. The van der Waals surface area contributed by atoms with E-state index in [1.54, 1.807) is 31.4 Å². The number of ether oxygens (including phenoxy) is 2. The average Bonchev–Trinajstić information content (AvgIpc) is 3.38. The third-order valence-electron chi connectivity index (χ3n) is 6.00. The van der Waals surface area contributed by atoms with Crippen LogP contribution in [0.25, 0.3) is 22.5 Å². The number of nitrogens with zero attached hydrogens (tertiary/aromatic N) is 2. The molecule has 5 heteroatoms. The molecular formula is C31H26N2O3. The molecule has 0 spiro atoms. The number of hydrogen-bond donors (Lipinski definition) is 0. The third kappa shape index (κ3) is 5.20. The molecule has 0 aliphatic heterocycles. The summed E-state index contributed by atoms with van der Waals surface area (Å²) in [5, 5.41) is 4.93. The summed E-state index contributed by atoms with van der Waals surface area (Å²) >= 11 is 0. The Labute approximate surface area is 210 Å². The third-order valence-corrected chi connectivity index (χ3v) is 6.00. The van der Waals surface area contributed by atoms with Crippen molar-refractivity contribution in [1.29, 1.82) is 0 Å². The Morgan fingerprint density at radius 3 is 1.97 bits per heavy atom. The Kier molecular flexibility index (Phi) is 6.90. The minimum absolute atomic E-state index is 0.364. The summed E-state index contributed by atoms with van der Waals surface area (Å²) in [7, 11) is 1.59. The minimum Gasteiger partial charge on any atom is -0.497 e. The van der Waals surface area contributed by atoms with Crippen LogP contribution >= 0.6 is 0 Å². The van der Waals surface area contributed by atoms with Gasteiger partial charge in [-0.2, -0.15) is 5.10 Å². The van der Waals surface area contributed by atoms with Crippen LogP contribution in [0.3, 0.4) is 0 Å². The Morgan fingerprint density at radius 1 is 0.778 bits per heavy atom. The van der Waals surface area contributed by atoms with Crippen LogP contribution in [0.5, 0.6) is 5.75 Å². The second-order valence-corrected chi connectivity index (χ2v) is 8.36. The molecule has 1 heterocycles. The van der Waals surface area contributed by atoms with Crippen LogP contribution in [-0.4, -0.2) is 22.9 Å². The fourth-order valence-electron chi connectivity index (χ4n) is 4.11. The maximum Gasteiger partial charge on any atom is 0.338 e. The smallest absolute Gasteiger partial charge is 0.338 e. The van der Waals surface area contributed by atoms with E-state index in [9.17, 15) is 4.79 Å². The lowest BCUT2D eigenvalue weighted by molar-refractivity contribution is 0.0248. The van der Waals surface area contributed by atoms with Crippen LogP contribution in [0.2, 0.25) is 0 Å². The topological polar surface area (TPSA) is 53.4 Å². The van der Waals surface area contributed by atoms with E-state index < -0.39 is 12.1 Å². The van der Waals surface area contributed by atoms with Crippen molar-refractivity contribution in [3.05, 3.63) is 132 Å². The lowest BCUT2D eigenvalue weighted by atomic mass is 10.1. The van der Waals surface area contributed by atoms with E-state index in [2.05, 4.69) is 18.2 Å². The summed E-state index contributed by atoms with van der Waals surface area (Å²) in [6.07, 6.45) is -0.535. The molecule has 36 heavy (non-hydrogen) atoms. The zero-order chi connectivity index (χ0) is 24.7. The zero-order valence-electron chi connectivity index (χ0n) is 20.0. The van der Waals surface area contributed by atoms with E-state index >= 15 is 0 Å². The number of rotatable bonds is 8. The quantitative estimate of drug-likeness (QED) is 0.232. The number of carbonyl (C=O) groups is 1. The van der Waals surface area contributed by atoms with E-state index in [-0.39, 0.29) is 0 Å². The highest BCUT2D eigenvalue weighted by Crippen LogP contribution is 2.29. The molecule has 5 rings (SSSR count). The van der Waals surface area contributed by atoms with E-state index in [1.807, 2.05) is 83.5 Å². The van der Waals surface area contributed by atoms with Gasteiger partial charge in [-0.05, 0) is 41.5 Å². The number of carbonyl (C=O) groups excluding carboxylic acids is 1. The van der Waals surface area contributed by atoms with Gasteiger partial charge in [0, 0.05) is 5.56 Å². The van der Waals surface area contributed by atoms with Gasteiger partial charge in [-0.1, -0.05) is 91.0 Å². The van der Waals surface area contributed by atoms with Crippen LogP contribution < -0.4 is 4.74 Å². The van der Waals surface area contributed by atoms with Crippen LogP contribution in [-0.2, 0) is 11.3 Å². The molecule has 0 saturated carbocycles. The highest BCUT2D eigenvalue weighted by molar-refractivity contribution is 5.89. The van der Waals surface area contributed by atoms with Crippen molar-refractivity contribution in [2.45, 2.75) is 12.6 Å². The number of aromatic nitrogens is 2. The largest absolute Gasteiger partial charge is 0.497 e. The summed E-state index contributed by atoms with van der Waals surface area (Å²) in [5.74, 6) is 0.284. The minimum atomic E-state index is -0.535. The van der Waals surface area contributed by atoms with Crippen molar-refractivity contribution in [2.75, 3.05) is 7.11 Å². The first-order valence-electron chi connectivity index (χ1n) is 11.8. The number of benzene rings is 4. The van der Waals surface area contributed by atoms with Gasteiger partial charge in [0.15, 0.2) is 0 Å². The van der Waals surface area contributed by atoms with E-state index in [0.29, 0.717) is 17.9 Å². The van der Waals surface area contributed by atoms with Gasteiger partial charge >= 0.3 is 5.97 Å². The molecule has 178 valence electrons. The molecule has 0 N–H and O–H groups in total. The maximum atomic E-state index is 13.1. The van der Waals surface area contributed by atoms with Crippen molar-refractivity contribution in [3.63, 3.8) is 0 Å². The van der Waals surface area contributed by atoms with Gasteiger partial charge in [0.1, 0.15) is 11.9 Å². The Morgan fingerprint density at radius 2 is 1.36 bits per heavy atom. The molecule has 1 unspecified atom stereocenters. The normalized spacial score (nSPS) is 11.6. The molecule has 0 fully saturated rings. The molecule has 5 nitrogen and oxygen atoms in total. The zero-order valence-corrected chi connectivity index (χ0v) is 20.0. The molecule has 0 amide bonds. The van der Waals surface area contributed by atoms with Crippen LogP contribution in [0, 0.1) is 0 Å². The summed E-state index contributed by atoms with van der Waals surface area (Å²) in [6, 6.07) is 39.0. The molecule has 0 saturated heterocycles. The SMILES string of the molecule is COc1ccc(C(=O)OC(Cn2nc(-c3ccccc3)cc2-c2ccccc2)c2ccccc2)cc1. The van der Waals surface area contributed by atoms with Gasteiger partial charge < -0.3 is 9.47 Å². The van der Waals surface area contributed by atoms with Crippen molar-refractivity contribution in [3.8, 4) is 28.3 Å². The molecule has 0 aliphatic carbocycles. The van der Waals surface area contributed by atoms with Gasteiger partial charge in [0.25, 0.3) is 0 Å². The molecule has 1 atom stereocenters. The molecule has 5 aromatic rings. The molecule has 4 aromatic carbocycles. The molecular weight excluding hydrogens is 448 g/mol. The molecule has 0 aliphatic rings. The highest BCUT2D eigenvalue weighted by atomic mass is 16.5. The molecule has 1 aromatic heterocycles. The van der Waals surface area contributed by atoms with Crippen molar-refractivity contribution in [2.24, 2.45) is 0 Å². The van der Waals surface area contributed by atoms with Crippen LogP contribution in [0.1, 0.15) is 22.0 Å². The summed E-state index contributed by atoms with van der Waals surface area (Å²) in [6.45, 7) is 0.364. The summed E-state index contributed by atoms with van der Waals surface area (Å²) in [4.78, 5) is 13.1. The highest BCUT2D eigenvalue weighted by Gasteiger charge is 2.22. The van der Waals surface area contributed by atoms with E-state index in [0.717, 1.165) is 28.1 Å². The monoisotopic (exact) mass is 474 g/mol.